The fraction of sp³-hybridized carbons (Fsp3) is 0.524. The molecule has 0 radical (unpaired) electrons. The van der Waals surface area contributed by atoms with E-state index >= 15 is 0 Å². The Labute approximate surface area is 172 Å². The van der Waals surface area contributed by atoms with E-state index in [-0.39, 0.29) is 23.5 Å². The van der Waals surface area contributed by atoms with Crippen LogP contribution in [-0.4, -0.2) is 41.3 Å². The number of carbonyl (C=O) groups is 1. The molecule has 1 aromatic heterocycles. The van der Waals surface area contributed by atoms with Crippen LogP contribution < -0.4 is 5.32 Å². The van der Waals surface area contributed by atoms with Crippen molar-refractivity contribution in [1.82, 2.24) is 19.2 Å². The highest BCUT2D eigenvalue weighted by atomic mass is 32.2. The van der Waals surface area contributed by atoms with E-state index in [1.807, 2.05) is 12.1 Å². The summed E-state index contributed by atoms with van der Waals surface area (Å²) in [4.78, 5) is 16.6. The van der Waals surface area contributed by atoms with E-state index in [1.54, 1.807) is 4.57 Å². The summed E-state index contributed by atoms with van der Waals surface area (Å²) in [5.41, 5.74) is 2.47. The number of amides is 1. The monoisotopic (exact) mass is 416 g/mol. The predicted octanol–water partition coefficient (Wildman–Crippen LogP) is 2.50. The van der Waals surface area contributed by atoms with Gasteiger partial charge in [-0.15, -0.1) is 0 Å². The minimum absolute atomic E-state index is 0.00881. The summed E-state index contributed by atoms with van der Waals surface area (Å²) in [6.45, 7) is 3.25. The Bertz CT molecular complexity index is 977. The summed E-state index contributed by atoms with van der Waals surface area (Å²) in [6, 6.07) is 8.22. The zero-order valence-corrected chi connectivity index (χ0v) is 17.6. The van der Waals surface area contributed by atoms with Gasteiger partial charge in [-0.05, 0) is 49.1 Å². The number of hydrogen-bond donors (Lipinski definition) is 1. The molecular formula is C21H28N4O3S. The van der Waals surface area contributed by atoms with Gasteiger partial charge in [0, 0.05) is 19.3 Å². The van der Waals surface area contributed by atoms with Gasteiger partial charge in [0.2, 0.25) is 5.91 Å². The molecule has 0 saturated carbocycles. The van der Waals surface area contributed by atoms with Crippen LogP contribution in [0.2, 0.25) is 0 Å². The van der Waals surface area contributed by atoms with Gasteiger partial charge in [0.15, 0.2) is 5.03 Å². The van der Waals surface area contributed by atoms with Crippen LogP contribution in [0.4, 0.5) is 0 Å². The molecule has 0 bridgehead atoms. The van der Waals surface area contributed by atoms with E-state index in [9.17, 15) is 13.2 Å². The minimum atomic E-state index is -3.60. The Kier molecular flexibility index (Phi) is 5.74. The molecule has 156 valence electrons. The number of nitrogens with one attached hydrogen (secondary N) is 1. The maximum atomic E-state index is 12.8. The highest BCUT2D eigenvalue weighted by Crippen LogP contribution is 2.29. The lowest BCUT2D eigenvalue weighted by atomic mass is 9.88. The molecule has 1 aliphatic carbocycles. The molecule has 4 rings (SSSR count). The highest BCUT2D eigenvalue weighted by molar-refractivity contribution is 7.89. The average Bonchev–Trinajstić information content (AvgIpc) is 3.18. The molecule has 2 aromatic rings. The van der Waals surface area contributed by atoms with E-state index in [2.05, 4.69) is 29.4 Å². The quantitative estimate of drug-likeness (QED) is 0.812. The number of aromatic nitrogens is 2. The lowest BCUT2D eigenvalue weighted by Crippen LogP contribution is -2.38. The zero-order valence-electron chi connectivity index (χ0n) is 16.8. The third-order valence-corrected chi connectivity index (χ3v) is 7.77. The third kappa shape index (κ3) is 4.38. The van der Waals surface area contributed by atoms with Gasteiger partial charge in [-0.3, -0.25) is 4.79 Å². The van der Waals surface area contributed by atoms with Crippen LogP contribution in [0.3, 0.4) is 0 Å². The summed E-state index contributed by atoms with van der Waals surface area (Å²) >= 11 is 0. The Morgan fingerprint density at radius 3 is 2.76 bits per heavy atom. The van der Waals surface area contributed by atoms with Crippen molar-refractivity contribution < 1.29 is 13.2 Å². The molecule has 8 heteroatoms. The van der Waals surface area contributed by atoms with E-state index < -0.39 is 10.0 Å². The number of benzene rings is 1. The van der Waals surface area contributed by atoms with Gasteiger partial charge in [-0.1, -0.05) is 31.2 Å². The number of fused-ring (bicyclic) bond motifs is 1. The van der Waals surface area contributed by atoms with Crippen molar-refractivity contribution in [2.75, 3.05) is 13.1 Å². The first-order valence-electron chi connectivity index (χ1n) is 10.3. The van der Waals surface area contributed by atoms with Gasteiger partial charge in [0.25, 0.3) is 10.0 Å². The molecule has 1 aliphatic heterocycles. The Balaban J connectivity index is 1.40. The van der Waals surface area contributed by atoms with Gasteiger partial charge in [0.1, 0.15) is 6.54 Å². The van der Waals surface area contributed by atoms with Crippen molar-refractivity contribution in [3.8, 4) is 0 Å². The maximum Gasteiger partial charge on any atom is 0.262 e. The summed E-state index contributed by atoms with van der Waals surface area (Å²) in [7, 11) is -3.60. The summed E-state index contributed by atoms with van der Waals surface area (Å²) in [5, 5.41) is 3.11. The molecule has 2 aliphatic rings. The van der Waals surface area contributed by atoms with Crippen LogP contribution >= 0.6 is 0 Å². The van der Waals surface area contributed by atoms with E-state index in [1.165, 1.54) is 28.0 Å². The predicted molar refractivity (Wildman–Crippen MR) is 110 cm³/mol. The Morgan fingerprint density at radius 2 is 1.97 bits per heavy atom. The average molecular weight is 417 g/mol. The van der Waals surface area contributed by atoms with Crippen LogP contribution in [0.1, 0.15) is 49.8 Å². The molecule has 1 atom stereocenters. The molecule has 7 nitrogen and oxygen atoms in total. The van der Waals surface area contributed by atoms with E-state index in [0.717, 1.165) is 32.1 Å². The van der Waals surface area contributed by atoms with Crippen LogP contribution in [0.5, 0.6) is 0 Å². The van der Waals surface area contributed by atoms with Gasteiger partial charge < -0.3 is 9.88 Å². The van der Waals surface area contributed by atoms with E-state index in [0.29, 0.717) is 19.0 Å². The smallest absolute Gasteiger partial charge is 0.262 e. The molecule has 1 amide bonds. The van der Waals surface area contributed by atoms with Crippen LogP contribution in [0, 0.1) is 5.92 Å². The minimum Gasteiger partial charge on any atom is -0.348 e. The number of sulfonamides is 1. The lowest BCUT2D eigenvalue weighted by molar-refractivity contribution is -0.122. The first kappa shape index (κ1) is 20.1. The van der Waals surface area contributed by atoms with Crippen molar-refractivity contribution in [3.05, 3.63) is 47.9 Å². The number of nitrogens with zero attached hydrogens (tertiary/aromatic N) is 3. The van der Waals surface area contributed by atoms with Gasteiger partial charge >= 0.3 is 0 Å². The number of hydrogen-bond acceptors (Lipinski definition) is 4. The second kappa shape index (κ2) is 8.28. The summed E-state index contributed by atoms with van der Waals surface area (Å²) in [5.74, 6) is 0.410. The molecule has 0 spiro atoms. The largest absolute Gasteiger partial charge is 0.348 e. The van der Waals surface area contributed by atoms with Crippen LogP contribution in [-0.2, 0) is 27.8 Å². The van der Waals surface area contributed by atoms with E-state index in [4.69, 9.17) is 0 Å². The number of carbonyl (C=O) groups excluding carboxylic acids is 1. The Morgan fingerprint density at radius 1 is 1.21 bits per heavy atom. The first-order chi connectivity index (χ1) is 13.9. The van der Waals surface area contributed by atoms with Crippen molar-refractivity contribution >= 4 is 15.9 Å². The number of piperidine rings is 1. The third-order valence-electron chi connectivity index (χ3n) is 5.99. The molecule has 0 unspecified atom stereocenters. The van der Waals surface area contributed by atoms with Gasteiger partial charge in [-0.25, -0.2) is 13.4 Å². The molecule has 1 saturated heterocycles. The fourth-order valence-electron chi connectivity index (χ4n) is 4.23. The Hall–Kier alpha value is -2.19. The maximum absolute atomic E-state index is 12.8. The molecular weight excluding hydrogens is 388 g/mol. The van der Waals surface area contributed by atoms with Crippen LogP contribution in [0.25, 0.3) is 0 Å². The van der Waals surface area contributed by atoms with Gasteiger partial charge in [-0.2, -0.15) is 4.31 Å². The van der Waals surface area contributed by atoms with Crippen molar-refractivity contribution in [2.24, 2.45) is 5.92 Å². The molecule has 29 heavy (non-hydrogen) atoms. The molecule has 1 fully saturated rings. The standard InChI is InChI=1S/C21H28N4O3S/c1-16-9-11-25(12-10-16)29(27,28)21-14-24(15-22-21)13-20(26)23-19-8-4-6-17-5-2-3-7-18(17)19/h2-3,5,7,14-16,19H,4,6,8-13H2,1H3,(H,23,26)/t19-/m0/s1. The number of imidazole rings is 1. The molecule has 2 heterocycles. The fourth-order valence-corrected chi connectivity index (χ4v) is 5.63. The molecule has 1 N–H and O–H groups in total. The normalized spacial score (nSPS) is 20.9. The van der Waals surface area contributed by atoms with Crippen molar-refractivity contribution in [1.29, 1.82) is 0 Å². The highest BCUT2D eigenvalue weighted by Gasteiger charge is 2.30. The zero-order chi connectivity index (χ0) is 20.4. The van der Waals surface area contributed by atoms with Gasteiger partial charge in [0.05, 0.1) is 12.4 Å². The summed E-state index contributed by atoms with van der Waals surface area (Å²) in [6.07, 6.45) is 7.62. The topological polar surface area (TPSA) is 84.3 Å². The second-order valence-electron chi connectivity index (χ2n) is 8.18. The molecule has 1 aromatic carbocycles. The number of aryl methyl sites for hydroxylation is 1. The lowest BCUT2D eigenvalue weighted by Gasteiger charge is -2.28. The number of rotatable bonds is 5. The first-order valence-corrected chi connectivity index (χ1v) is 11.8. The van der Waals surface area contributed by atoms with Crippen LogP contribution in [0.15, 0.2) is 41.8 Å². The summed E-state index contributed by atoms with van der Waals surface area (Å²) < 4.78 is 28.6. The second-order valence-corrected chi connectivity index (χ2v) is 10.1. The SMILES string of the molecule is CC1CCN(S(=O)(=O)c2cn(CC(=O)N[C@H]3CCCc4ccccc43)cn2)CC1. The van der Waals surface area contributed by atoms with Crippen molar-refractivity contribution in [2.45, 2.75) is 56.6 Å². The van der Waals surface area contributed by atoms with Crippen molar-refractivity contribution in [3.63, 3.8) is 0 Å².